The molecule has 1 aliphatic heterocycles. The van der Waals surface area contributed by atoms with Crippen LogP contribution in [0.4, 0.5) is 0 Å². The van der Waals surface area contributed by atoms with E-state index < -0.39 is 0 Å². The average Bonchev–Trinajstić information content (AvgIpc) is 3.06. The number of aromatic nitrogens is 1. The van der Waals surface area contributed by atoms with Crippen LogP contribution >= 0.6 is 11.3 Å². The zero-order chi connectivity index (χ0) is 16.4. The van der Waals surface area contributed by atoms with E-state index in [1.807, 2.05) is 29.5 Å². The van der Waals surface area contributed by atoms with Gasteiger partial charge in [0.1, 0.15) is 5.01 Å². The number of benzene rings is 2. The fourth-order valence-electron chi connectivity index (χ4n) is 3.47. The van der Waals surface area contributed by atoms with Crippen LogP contribution in [0.2, 0.25) is 0 Å². The molecule has 0 N–H and O–H groups in total. The van der Waals surface area contributed by atoms with Gasteiger partial charge in [-0.05, 0) is 49.2 Å². The van der Waals surface area contributed by atoms with Crippen LogP contribution in [-0.4, -0.2) is 16.4 Å². The Morgan fingerprint density at radius 2 is 2.08 bits per heavy atom. The number of hydrogen-bond acceptors (Lipinski definition) is 4. The Morgan fingerprint density at radius 1 is 1.17 bits per heavy atom. The molecule has 4 heteroatoms. The van der Waals surface area contributed by atoms with E-state index in [1.54, 1.807) is 0 Å². The number of nitrogens with zero attached hydrogens (tertiary/aromatic N) is 3. The first kappa shape index (κ1) is 15.3. The molecule has 0 radical (unpaired) electrons. The highest BCUT2D eigenvalue weighted by atomic mass is 32.1. The zero-order valence-electron chi connectivity index (χ0n) is 13.5. The quantitative estimate of drug-likeness (QED) is 0.685. The van der Waals surface area contributed by atoms with E-state index in [0.717, 1.165) is 30.6 Å². The third-order valence-electron chi connectivity index (χ3n) is 4.65. The molecule has 2 aromatic carbocycles. The van der Waals surface area contributed by atoms with E-state index in [-0.39, 0.29) is 0 Å². The van der Waals surface area contributed by atoms with Gasteiger partial charge in [-0.25, -0.2) is 4.98 Å². The number of fused-ring (bicyclic) bond motifs is 1. The monoisotopic (exact) mass is 333 g/mol. The third kappa shape index (κ3) is 3.06. The summed E-state index contributed by atoms with van der Waals surface area (Å²) in [5, 5.41) is 10.3. The van der Waals surface area contributed by atoms with Gasteiger partial charge in [0, 0.05) is 6.54 Å². The lowest BCUT2D eigenvalue weighted by atomic mass is 10.0. The van der Waals surface area contributed by atoms with Gasteiger partial charge in [0.05, 0.1) is 27.9 Å². The van der Waals surface area contributed by atoms with Crippen molar-refractivity contribution < 1.29 is 0 Å². The Kier molecular flexibility index (Phi) is 4.29. The van der Waals surface area contributed by atoms with E-state index in [1.165, 1.54) is 28.1 Å². The van der Waals surface area contributed by atoms with E-state index in [4.69, 9.17) is 10.2 Å². The molecule has 1 saturated heterocycles. The summed E-state index contributed by atoms with van der Waals surface area (Å²) >= 11 is 1.82. The van der Waals surface area contributed by atoms with Gasteiger partial charge in [0.2, 0.25) is 0 Å². The van der Waals surface area contributed by atoms with Crippen LogP contribution in [0.5, 0.6) is 0 Å². The summed E-state index contributed by atoms with van der Waals surface area (Å²) in [6.45, 7) is 1.98. The van der Waals surface area contributed by atoms with Crippen molar-refractivity contribution in [3.05, 3.63) is 64.7 Å². The van der Waals surface area contributed by atoms with Crippen molar-refractivity contribution in [2.45, 2.75) is 31.8 Å². The van der Waals surface area contributed by atoms with Crippen molar-refractivity contribution in [1.82, 2.24) is 9.88 Å². The highest BCUT2D eigenvalue weighted by Crippen LogP contribution is 2.36. The van der Waals surface area contributed by atoms with Gasteiger partial charge < -0.3 is 0 Å². The predicted molar refractivity (Wildman–Crippen MR) is 97.8 cm³/mol. The molecule has 3 nitrogen and oxygen atoms in total. The molecule has 1 aliphatic rings. The number of nitriles is 1. The second kappa shape index (κ2) is 6.72. The minimum atomic E-state index is 0.391. The summed E-state index contributed by atoms with van der Waals surface area (Å²) < 4.78 is 1.27. The molecule has 24 heavy (non-hydrogen) atoms. The van der Waals surface area contributed by atoms with Crippen LogP contribution in [-0.2, 0) is 6.54 Å². The molecule has 3 aromatic rings. The Bertz CT molecular complexity index is 860. The number of para-hydroxylation sites is 1. The van der Waals surface area contributed by atoms with Gasteiger partial charge >= 0.3 is 0 Å². The first-order valence-electron chi connectivity index (χ1n) is 8.42. The van der Waals surface area contributed by atoms with Gasteiger partial charge in [-0.2, -0.15) is 5.26 Å². The molecule has 0 bridgehead atoms. The molecule has 2 heterocycles. The van der Waals surface area contributed by atoms with Crippen LogP contribution in [0, 0.1) is 11.3 Å². The molecular formula is C20H19N3S. The van der Waals surface area contributed by atoms with Gasteiger partial charge in [0.25, 0.3) is 0 Å². The van der Waals surface area contributed by atoms with Gasteiger partial charge in [0.15, 0.2) is 0 Å². The number of likely N-dealkylation sites (tertiary alicyclic amines) is 1. The second-order valence-electron chi connectivity index (χ2n) is 6.31. The molecule has 0 unspecified atom stereocenters. The van der Waals surface area contributed by atoms with E-state index in [9.17, 15) is 0 Å². The maximum Gasteiger partial charge on any atom is 0.111 e. The third-order valence-corrected chi connectivity index (χ3v) is 5.79. The van der Waals surface area contributed by atoms with Gasteiger partial charge in [-0.15, -0.1) is 11.3 Å². The largest absolute Gasteiger partial charge is 0.290 e. The van der Waals surface area contributed by atoms with Crippen molar-refractivity contribution in [3.63, 3.8) is 0 Å². The lowest BCUT2D eigenvalue weighted by Crippen LogP contribution is -2.32. The van der Waals surface area contributed by atoms with Crippen LogP contribution in [0.15, 0.2) is 48.5 Å². The number of hydrogen-bond donors (Lipinski definition) is 0. The summed E-state index contributed by atoms with van der Waals surface area (Å²) in [4.78, 5) is 7.41. The lowest BCUT2D eigenvalue weighted by Gasteiger charge is -2.34. The normalized spacial score (nSPS) is 18.5. The van der Waals surface area contributed by atoms with E-state index >= 15 is 0 Å². The molecule has 0 amide bonds. The van der Waals surface area contributed by atoms with Crippen LogP contribution in [0.3, 0.4) is 0 Å². The van der Waals surface area contributed by atoms with Crippen molar-refractivity contribution >= 4 is 21.6 Å². The topological polar surface area (TPSA) is 39.9 Å². The Hall–Kier alpha value is -2.22. The van der Waals surface area contributed by atoms with Crippen molar-refractivity contribution in [2.24, 2.45) is 0 Å². The van der Waals surface area contributed by atoms with Crippen LogP contribution < -0.4 is 0 Å². The molecule has 0 aliphatic carbocycles. The molecule has 0 spiro atoms. The Labute approximate surface area is 146 Å². The van der Waals surface area contributed by atoms with Crippen molar-refractivity contribution in [3.8, 4) is 6.07 Å². The molecule has 1 aromatic heterocycles. The summed E-state index contributed by atoms with van der Waals surface area (Å²) in [6.07, 6.45) is 3.66. The number of piperidine rings is 1. The Morgan fingerprint density at radius 3 is 2.96 bits per heavy atom. The summed E-state index contributed by atoms with van der Waals surface area (Å²) in [6, 6.07) is 19.0. The summed E-state index contributed by atoms with van der Waals surface area (Å²) in [7, 11) is 0. The predicted octanol–water partition coefficient (Wildman–Crippen LogP) is 4.90. The summed E-state index contributed by atoms with van der Waals surface area (Å²) in [5.74, 6) is 0. The second-order valence-corrected chi connectivity index (χ2v) is 7.38. The van der Waals surface area contributed by atoms with Gasteiger partial charge in [-0.1, -0.05) is 30.7 Å². The Balaban J connectivity index is 1.61. The first-order chi connectivity index (χ1) is 11.8. The summed E-state index contributed by atoms with van der Waals surface area (Å²) in [5.41, 5.74) is 3.05. The van der Waals surface area contributed by atoms with Crippen molar-refractivity contribution in [2.75, 3.05) is 6.54 Å². The maximum absolute atomic E-state index is 9.11. The van der Waals surface area contributed by atoms with Crippen molar-refractivity contribution in [1.29, 1.82) is 5.26 Å². The lowest BCUT2D eigenvalue weighted by molar-refractivity contribution is 0.140. The average molecular weight is 333 g/mol. The molecule has 1 fully saturated rings. The molecule has 0 saturated carbocycles. The number of thiazole rings is 1. The number of rotatable bonds is 3. The van der Waals surface area contributed by atoms with Crippen LogP contribution in [0.25, 0.3) is 10.2 Å². The standard InChI is InChI=1S/C20H19N3S/c21-13-15-6-5-7-16(12-15)14-23-11-4-3-9-18(23)20-22-17-8-1-2-10-19(17)24-20/h1-2,5-8,10,12,18H,3-4,9,11,14H2/t18-/m0/s1. The minimum absolute atomic E-state index is 0.391. The minimum Gasteiger partial charge on any atom is -0.290 e. The maximum atomic E-state index is 9.11. The van der Waals surface area contributed by atoms with Gasteiger partial charge in [-0.3, -0.25) is 4.90 Å². The zero-order valence-corrected chi connectivity index (χ0v) is 14.3. The molecule has 4 rings (SSSR count). The smallest absolute Gasteiger partial charge is 0.111 e. The fourth-order valence-corrected chi connectivity index (χ4v) is 4.60. The van der Waals surface area contributed by atoms with E-state index in [2.05, 4.69) is 41.3 Å². The van der Waals surface area contributed by atoms with E-state index in [0.29, 0.717) is 6.04 Å². The van der Waals surface area contributed by atoms with Crippen LogP contribution in [0.1, 0.15) is 41.4 Å². The SMILES string of the molecule is N#Cc1cccc(CN2CCCC[C@H]2c2nc3ccccc3s2)c1. The molecular weight excluding hydrogens is 314 g/mol. The fraction of sp³-hybridized carbons (Fsp3) is 0.300. The highest BCUT2D eigenvalue weighted by Gasteiger charge is 2.26. The highest BCUT2D eigenvalue weighted by molar-refractivity contribution is 7.18. The molecule has 120 valence electrons. The first-order valence-corrected chi connectivity index (χ1v) is 9.24. The molecule has 1 atom stereocenters.